The number of nitrogens with one attached hydrogen (secondary N) is 2. The maximum absolute atomic E-state index is 11.8. The number of halogens is 2. The van der Waals surface area contributed by atoms with Gasteiger partial charge in [0.05, 0.1) is 15.7 Å². The molecular weight excluding hydrogens is 303 g/mol. The monoisotopic (exact) mass is 318 g/mol. The van der Waals surface area contributed by atoms with Crippen molar-refractivity contribution in [3.8, 4) is 0 Å². The summed E-state index contributed by atoms with van der Waals surface area (Å²) in [4.78, 5) is 22.9. The second kappa shape index (κ2) is 7.36. The van der Waals surface area contributed by atoms with Crippen LogP contribution < -0.4 is 10.6 Å². The number of anilines is 1. The normalized spacial score (nSPS) is 13.4. The number of hydrogen-bond acceptors (Lipinski definition) is 2. The molecule has 0 fully saturated rings. The van der Waals surface area contributed by atoms with E-state index in [2.05, 4.69) is 10.6 Å². The molecule has 0 spiro atoms. The Bertz CT molecular complexity index is 508. The predicted octanol–water partition coefficient (Wildman–Crippen LogP) is 3.61. The van der Waals surface area contributed by atoms with E-state index in [9.17, 15) is 9.59 Å². The fourth-order valence-electron chi connectivity index (χ4n) is 1.58. The van der Waals surface area contributed by atoms with Crippen LogP contribution in [0.15, 0.2) is 18.2 Å². The molecule has 0 bridgehead atoms. The zero-order valence-corrected chi connectivity index (χ0v) is 12.6. The van der Waals surface area contributed by atoms with Gasteiger partial charge in [-0.1, -0.05) is 49.5 Å². The number of hydrogen-bond donors (Lipinski definition) is 3. The Morgan fingerprint density at radius 1 is 1.35 bits per heavy atom. The van der Waals surface area contributed by atoms with Gasteiger partial charge in [0.25, 0.3) is 0 Å². The molecule has 2 amide bonds. The minimum atomic E-state index is -1.08. The Balaban J connectivity index is 2.76. The van der Waals surface area contributed by atoms with Gasteiger partial charge in [-0.3, -0.25) is 0 Å². The number of benzene rings is 1. The lowest BCUT2D eigenvalue weighted by atomic mass is 9.99. The molecule has 0 saturated carbocycles. The molecule has 0 heterocycles. The van der Waals surface area contributed by atoms with Crippen LogP contribution in [0.1, 0.15) is 20.3 Å². The van der Waals surface area contributed by atoms with E-state index in [1.807, 2.05) is 6.92 Å². The van der Waals surface area contributed by atoms with Crippen molar-refractivity contribution in [2.24, 2.45) is 5.92 Å². The molecule has 1 rings (SSSR count). The lowest BCUT2D eigenvalue weighted by Gasteiger charge is -2.20. The largest absolute Gasteiger partial charge is 0.480 e. The number of amides is 2. The van der Waals surface area contributed by atoms with Crippen molar-refractivity contribution in [2.45, 2.75) is 26.3 Å². The highest BCUT2D eigenvalue weighted by atomic mass is 35.5. The number of urea groups is 1. The molecular formula is C13H16Cl2N2O3. The van der Waals surface area contributed by atoms with Gasteiger partial charge in [-0.05, 0) is 18.1 Å². The van der Waals surface area contributed by atoms with Crippen molar-refractivity contribution in [1.82, 2.24) is 5.32 Å². The molecule has 20 heavy (non-hydrogen) atoms. The first-order valence-corrected chi connectivity index (χ1v) is 6.86. The van der Waals surface area contributed by atoms with Crippen molar-refractivity contribution in [1.29, 1.82) is 0 Å². The summed E-state index contributed by atoms with van der Waals surface area (Å²) in [6.07, 6.45) is 0.634. The minimum Gasteiger partial charge on any atom is -0.480 e. The average molecular weight is 319 g/mol. The van der Waals surface area contributed by atoms with Crippen molar-refractivity contribution in [3.63, 3.8) is 0 Å². The van der Waals surface area contributed by atoms with E-state index in [1.54, 1.807) is 25.1 Å². The molecule has 0 aliphatic rings. The summed E-state index contributed by atoms with van der Waals surface area (Å²) in [5.41, 5.74) is 0.324. The second-order valence-electron chi connectivity index (χ2n) is 4.40. The number of carbonyl (C=O) groups excluding carboxylic acids is 1. The van der Waals surface area contributed by atoms with Crippen LogP contribution in [-0.2, 0) is 4.79 Å². The van der Waals surface area contributed by atoms with E-state index in [1.165, 1.54) is 0 Å². The molecule has 0 unspecified atom stereocenters. The van der Waals surface area contributed by atoms with E-state index >= 15 is 0 Å². The number of aliphatic carboxylic acids is 1. The average Bonchev–Trinajstić information content (AvgIpc) is 2.40. The van der Waals surface area contributed by atoms with E-state index < -0.39 is 18.0 Å². The lowest BCUT2D eigenvalue weighted by molar-refractivity contribution is -0.140. The molecule has 1 aromatic carbocycles. The van der Waals surface area contributed by atoms with E-state index in [0.717, 1.165) is 0 Å². The third kappa shape index (κ3) is 4.28. The molecule has 0 radical (unpaired) electrons. The van der Waals surface area contributed by atoms with Crippen molar-refractivity contribution in [3.05, 3.63) is 28.2 Å². The molecule has 1 aromatic rings. The molecule has 0 aliphatic heterocycles. The lowest BCUT2D eigenvalue weighted by Crippen LogP contribution is -2.46. The Morgan fingerprint density at radius 3 is 2.55 bits per heavy atom. The molecule has 2 atom stereocenters. The van der Waals surface area contributed by atoms with Crippen LogP contribution in [-0.4, -0.2) is 23.1 Å². The second-order valence-corrected chi connectivity index (χ2v) is 5.19. The van der Waals surface area contributed by atoms with Crippen molar-refractivity contribution >= 4 is 40.9 Å². The number of carbonyl (C=O) groups is 2. The van der Waals surface area contributed by atoms with Gasteiger partial charge in [-0.2, -0.15) is 0 Å². The molecule has 5 nitrogen and oxygen atoms in total. The quantitative estimate of drug-likeness (QED) is 0.775. The zero-order chi connectivity index (χ0) is 15.3. The van der Waals surface area contributed by atoms with Crippen LogP contribution in [0, 0.1) is 5.92 Å². The molecule has 110 valence electrons. The van der Waals surface area contributed by atoms with E-state index in [0.29, 0.717) is 17.1 Å². The summed E-state index contributed by atoms with van der Waals surface area (Å²) in [6, 6.07) is 3.20. The minimum absolute atomic E-state index is 0.187. The van der Waals surface area contributed by atoms with E-state index in [4.69, 9.17) is 28.3 Å². The Hall–Kier alpha value is -1.46. The molecule has 7 heteroatoms. The van der Waals surface area contributed by atoms with Gasteiger partial charge in [0.2, 0.25) is 0 Å². The summed E-state index contributed by atoms with van der Waals surface area (Å²) in [7, 11) is 0. The topological polar surface area (TPSA) is 78.4 Å². The van der Waals surface area contributed by atoms with Crippen LogP contribution >= 0.6 is 23.2 Å². The number of rotatable bonds is 5. The summed E-state index contributed by atoms with van der Waals surface area (Å²) in [6.45, 7) is 3.61. The fourth-order valence-corrected chi connectivity index (χ4v) is 1.93. The predicted molar refractivity (Wildman–Crippen MR) is 79.5 cm³/mol. The first-order valence-electron chi connectivity index (χ1n) is 6.11. The maximum atomic E-state index is 11.8. The third-order valence-corrected chi connectivity index (χ3v) is 3.78. The first-order chi connectivity index (χ1) is 9.36. The number of carboxylic acids is 1. The van der Waals surface area contributed by atoms with Gasteiger partial charge < -0.3 is 15.7 Å². The van der Waals surface area contributed by atoms with Crippen LogP contribution in [0.3, 0.4) is 0 Å². The molecule has 0 aliphatic carbocycles. The Labute approximate surface area is 127 Å². The highest BCUT2D eigenvalue weighted by Gasteiger charge is 2.25. The highest BCUT2D eigenvalue weighted by Crippen LogP contribution is 2.29. The molecule has 3 N–H and O–H groups in total. The Kier molecular flexibility index (Phi) is 6.10. The summed E-state index contributed by atoms with van der Waals surface area (Å²) in [5.74, 6) is -1.26. The van der Waals surface area contributed by atoms with Gasteiger partial charge >= 0.3 is 12.0 Å². The van der Waals surface area contributed by atoms with Crippen LogP contribution in [0.4, 0.5) is 10.5 Å². The zero-order valence-electron chi connectivity index (χ0n) is 11.1. The van der Waals surface area contributed by atoms with Crippen LogP contribution in [0.2, 0.25) is 10.0 Å². The summed E-state index contributed by atoms with van der Waals surface area (Å²) < 4.78 is 0. The van der Waals surface area contributed by atoms with Crippen LogP contribution in [0.25, 0.3) is 0 Å². The standard InChI is InChI=1S/C13H16Cl2N2O3/c1-3-7(2)11(12(18)19)17-13(20)16-9-6-4-5-8(14)10(9)15/h4-7,11H,3H2,1-2H3,(H,18,19)(H2,16,17,20)/t7-,11+/m0/s1. The maximum Gasteiger partial charge on any atom is 0.326 e. The van der Waals surface area contributed by atoms with Gasteiger partial charge in [0, 0.05) is 0 Å². The SMILES string of the molecule is CC[C@H](C)[C@@H](NC(=O)Nc1cccc(Cl)c1Cl)C(=O)O. The number of carboxylic acid groups (broad SMARTS) is 1. The van der Waals surface area contributed by atoms with Crippen molar-refractivity contribution < 1.29 is 14.7 Å². The van der Waals surface area contributed by atoms with Gasteiger partial charge in [0.15, 0.2) is 0 Å². The summed E-state index contributed by atoms with van der Waals surface area (Å²) in [5, 5.41) is 14.5. The van der Waals surface area contributed by atoms with Crippen molar-refractivity contribution in [2.75, 3.05) is 5.32 Å². The fraction of sp³-hybridized carbons (Fsp3) is 0.385. The Morgan fingerprint density at radius 2 is 2.00 bits per heavy atom. The van der Waals surface area contributed by atoms with Crippen LogP contribution in [0.5, 0.6) is 0 Å². The van der Waals surface area contributed by atoms with Gasteiger partial charge in [-0.25, -0.2) is 9.59 Å². The smallest absolute Gasteiger partial charge is 0.326 e. The summed E-state index contributed by atoms with van der Waals surface area (Å²) >= 11 is 11.8. The molecule has 0 saturated heterocycles. The highest BCUT2D eigenvalue weighted by molar-refractivity contribution is 6.43. The first kappa shape index (κ1) is 16.6. The van der Waals surface area contributed by atoms with E-state index in [-0.39, 0.29) is 10.9 Å². The van der Waals surface area contributed by atoms with Gasteiger partial charge in [0.1, 0.15) is 6.04 Å². The van der Waals surface area contributed by atoms with Gasteiger partial charge in [-0.15, -0.1) is 0 Å². The third-order valence-electron chi connectivity index (χ3n) is 2.97. The molecule has 0 aromatic heterocycles.